The first-order chi connectivity index (χ1) is 8.63. The molecule has 0 amide bonds. The SMILES string of the molecule is CCC1CN(CC)c2cc(CC(C)N)ccc2O1. The summed E-state index contributed by atoms with van der Waals surface area (Å²) in [6, 6.07) is 6.66. The Morgan fingerprint density at radius 3 is 2.83 bits per heavy atom. The number of benzene rings is 1. The van der Waals surface area contributed by atoms with Gasteiger partial charge in [0.1, 0.15) is 11.9 Å². The van der Waals surface area contributed by atoms with Gasteiger partial charge in [0.25, 0.3) is 0 Å². The van der Waals surface area contributed by atoms with Crippen LogP contribution in [0.15, 0.2) is 18.2 Å². The number of nitrogens with two attached hydrogens (primary N) is 1. The standard InChI is InChI=1S/C15H24N2O/c1-4-13-10-17(5-2)14-9-12(8-11(3)16)6-7-15(14)18-13/h6-7,9,11,13H,4-5,8,10,16H2,1-3H3. The van der Waals surface area contributed by atoms with Crippen molar-refractivity contribution < 1.29 is 4.74 Å². The molecule has 1 heterocycles. The molecule has 0 bridgehead atoms. The summed E-state index contributed by atoms with van der Waals surface area (Å²) >= 11 is 0. The van der Waals surface area contributed by atoms with Crippen molar-refractivity contribution >= 4 is 5.69 Å². The predicted octanol–water partition coefficient (Wildman–Crippen LogP) is 2.57. The van der Waals surface area contributed by atoms with E-state index in [2.05, 4.69) is 36.9 Å². The number of hydrogen-bond acceptors (Lipinski definition) is 3. The highest BCUT2D eigenvalue weighted by atomic mass is 16.5. The van der Waals surface area contributed by atoms with E-state index in [1.807, 2.05) is 6.92 Å². The van der Waals surface area contributed by atoms with Crippen LogP contribution in [0.3, 0.4) is 0 Å². The van der Waals surface area contributed by atoms with Gasteiger partial charge in [-0.15, -0.1) is 0 Å². The minimum Gasteiger partial charge on any atom is -0.486 e. The molecule has 3 heteroatoms. The van der Waals surface area contributed by atoms with Crippen LogP contribution in [-0.2, 0) is 6.42 Å². The average molecular weight is 248 g/mol. The first-order valence-electron chi connectivity index (χ1n) is 6.94. The van der Waals surface area contributed by atoms with Crippen molar-refractivity contribution in [3.05, 3.63) is 23.8 Å². The van der Waals surface area contributed by atoms with Crippen LogP contribution >= 0.6 is 0 Å². The summed E-state index contributed by atoms with van der Waals surface area (Å²) in [6.45, 7) is 8.42. The molecule has 0 saturated carbocycles. The maximum atomic E-state index is 6.00. The third-order valence-corrected chi connectivity index (χ3v) is 3.48. The van der Waals surface area contributed by atoms with E-state index in [-0.39, 0.29) is 6.04 Å². The smallest absolute Gasteiger partial charge is 0.143 e. The Morgan fingerprint density at radius 1 is 1.44 bits per heavy atom. The normalized spacial score (nSPS) is 20.2. The molecule has 1 aliphatic rings. The van der Waals surface area contributed by atoms with Crippen molar-refractivity contribution in [2.24, 2.45) is 5.73 Å². The summed E-state index contributed by atoms with van der Waals surface area (Å²) in [6.07, 6.45) is 2.29. The zero-order chi connectivity index (χ0) is 13.1. The summed E-state index contributed by atoms with van der Waals surface area (Å²) in [5, 5.41) is 0. The van der Waals surface area contributed by atoms with E-state index in [0.29, 0.717) is 6.10 Å². The van der Waals surface area contributed by atoms with Gasteiger partial charge < -0.3 is 15.4 Å². The highest BCUT2D eigenvalue weighted by molar-refractivity contribution is 5.61. The fraction of sp³-hybridized carbons (Fsp3) is 0.600. The van der Waals surface area contributed by atoms with E-state index in [4.69, 9.17) is 10.5 Å². The number of nitrogens with zero attached hydrogens (tertiary/aromatic N) is 1. The molecule has 2 atom stereocenters. The van der Waals surface area contributed by atoms with Crippen LogP contribution in [0, 0.1) is 0 Å². The largest absolute Gasteiger partial charge is 0.486 e. The molecule has 0 saturated heterocycles. The number of ether oxygens (including phenoxy) is 1. The van der Waals surface area contributed by atoms with Crippen LogP contribution in [-0.4, -0.2) is 25.2 Å². The molecule has 1 aliphatic heterocycles. The van der Waals surface area contributed by atoms with E-state index in [0.717, 1.165) is 31.7 Å². The molecular weight excluding hydrogens is 224 g/mol. The van der Waals surface area contributed by atoms with E-state index in [1.165, 1.54) is 11.3 Å². The Balaban J connectivity index is 2.27. The third-order valence-electron chi connectivity index (χ3n) is 3.48. The average Bonchev–Trinajstić information content (AvgIpc) is 2.36. The first-order valence-corrected chi connectivity index (χ1v) is 6.94. The molecule has 2 N–H and O–H groups in total. The Kier molecular flexibility index (Phi) is 4.12. The highest BCUT2D eigenvalue weighted by Gasteiger charge is 2.23. The van der Waals surface area contributed by atoms with Crippen molar-refractivity contribution in [3.63, 3.8) is 0 Å². The van der Waals surface area contributed by atoms with Gasteiger partial charge in [0.05, 0.1) is 12.2 Å². The lowest BCUT2D eigenvalue weighted by molar-refractivity contribution is 0.190. The van der Waals surface area contributed by atoms with Crippen LogP contribution in [0.4, 0.5) is 5.69 Å². The molecule has 1 aromatic rings. The van der Waals surface area contributed by atoms with E-state index < -0.39 is 0 Å². The quantitative estimate of drug-likeness (QED) is 0.890. The zero-order valence-corrected chi connectivity index (χ0v) is 11.6. The number of likely N-dealkylation sites (N-methyl/N-ethyl adjacent to an activating group) is 1. The van der Waals surface area contributed by atoms with Gasteiger partial charge in [0.2, 0.25) is 0 Å². The minimum absolute atomic E-state index is 0.200. The Hall–Kier alpha value is -1.22. The minimum atomic E-state index is 0.200. The van der Waals surface area contributed by atoms with Gasteiger partial charge in [-0.2, -0.15) is 0 Å². The fourth-order valence-corrected chi connectivity index (χ4v) is 2.48. The molecule has 18 heavy (non-hydrogen) atoms. The summed E-state index contributed by atoms with van der Waals surface area (Å²) in [4.78, 5) is 2.40. The van der Waals surface area contributed by atoms with Gasteiger partial charge in [-0.1, -0.05) is 13.0 Å². The second-order valence-corrected chi connectivity index (χ2v) is 5.17. The molecule has 1 aromatic carbocycles. The van der Waals surface area contributed by atoms with Crippen molar-refractivity contribution in [1.82, 2.24) is 0 Å². The predicted molar refractivity (Wildman–Crippen MR) is 76.4 cm³/mol. The lowest BCUT2D eigenvalue weighted by Gasteiger charge is -2.35. The van der Waals surface area contributed by atoms with E-state index in [1.54, 1.807) is 0 Å². The Bertz CT molecular complexity index is 403. The molecule has 3 nitrogen and oxygen atoms in total. The maximum absolute atomic E-state index is 6.00. The summed E-state index contributed by atoms with van der Waals surface area (Å²) in [5.74, 6) is 1.02. The van der Waals surface area contributed by atoms with Gasteiger partial charge in [-0.05, 0) is 44.4 Å². The molecule has 0 aliphatic carbocycles. The maximum Gasteiger partial charge on any atom is 0.143 e. The number of fused-ring (bicyclic) bond motifs is 1. The topological polar surface area (TPSA) is 38.5 Å². The molecule has 0 radical (unpaired) electrons. The second kappa shape index (κ2) is 5.61. The van der Waals surface area contributed by atoms with Crippen LogP contribution < -0.4 is 15.4 Å². The van der Waals surface area contributed by atoms with Crippen molar-refractivity contribution in [1.29, 1.82) is 0 Å². The number of anilines is 1. The lowest BCUT2D eigenvalue weighted by atomic mass is 10.0. The Morgan fingerprint density at radius 2 is 2.22 bits per heavy atom. The van der Waals surface area contributed by atoms with Crippen molar-refractivity contribution in [2.45, 2.75) is 45.8 Å². The van der Waals surface area contributed by atoms with Crippen LogP contribution in [0.5, 0.6) is 5.75 Å². The lowest BCUT2D eigenvalue weighted by Crippen LogP contribution is -2.39. The van der Waals surface area contributed by atoms with Gasteiger partial charge in [-0.25, -0.2) is 0 Å². The van der Waals surface area contributed by atoms with Gasteiger partial charge in [0, 0.05) is 12.6 Å². The summed E-state index contributed by atoms with van der Waals surface area (Å²) in [5.41, 5.74) is 8.38. The molecule has 0 aromatic heterocycles. The fourth-order valence-electron chi connectivity index (χ4n) is 2.48. The van der Waals surface area contributed by atoms with Gasteiger partial charge in [-0.3, -0.25) is 0 Å². The van der Waals surface area contributed by atoms with Crippen LogP contribution in [0.2, 0.25) is 0 Å². The monoisotopic (exact) mass is 248 g/mol. The van der Waals surface area contributed by atoms with Crippen LogP contribution in [0.25, 0.3) is 0 Å². The molecule has 2 unspecified atom stereocenters. The van der Waals surface area contributed by atoms with Gasteiger partial charge in [0.15, 0.2) is 0 Å². The van der Waals surface area contributed by atoms with Crippen molar-refractivity contribution in [3.8, 4) is 5.75 Å². The van der Waals surface area contributed by atoms with Crippen molar-refractivity contribution in [2.75, 3.05) is 18.0 Å². The molecule has 2 rings (SSSR count). The van der Waals surface area contributed by atoms with E-state index in [9.17, 15) is 0 Å². The second-order valence-electron chi connectivity index (χ2n) is 5.17. The van der Waals surface area contributed by atoms with E-state index >= 15 is 0 Å². The summed E-state index contributed by atoms with van der Waals surface area (Å²) < 4.78 is 6.00. The third kappa shape index (κ3) is 2.78. The van der Waals surface area contributed by atoms with Gasteiger partial charge >= 0.3 is 0 Å². The number of hydrogen-bond donors (Lipinski definition) is 1. The molecule has 0 spiro atoms. The first kappa shape index (κ1) is 13.2. The zero-order valence-electron chi connectivity index (χ0n) is 11.6. The Labute approximate surface area is 110 Å². The summed E-state index contributed by atoms with van der Waals surface area (Å²) in [7, 11) is 0. The van der Waals surface area contributed by atoms with Crippen LogP contribution in [0.1, 0.15) is 32.8 Å². The molecular formula is C15H24N2O. The highest BCUT2D eigenvalue weighted by Crippen LogP contribution is 2.34. The number of rotatable bonds is 4. The molecule has 100 valence electrons. The molecule has 0 fully saturated rings.